The van der Waals surface area contributed by atoms with Crippen molar-refractivity contribution in [2.45, 2.75) is 20.3 Å². The fourth-order valence-electron chi connectivity index (χ4n) is 1.62. The van der Waals surface area contributed by atoms with E-state index < -0.39 is 19.0 Å². The van der Waals surface area contributed by atoms with Crippen LogP contribution in [0.25, 0.3) is 10.2 Å². The van der Waals surface area contributed by atoms with Gasteiger partial charge in [0.2, 0.25) is 0 Å². The van der Waals surface area contributed by atoms with Gasteiger partial charge in [0.1, 0.15) is 4.83 Å². The van der Waals surface area contributed by atoms with Gasteiger partial charge in [0.25, 0.3) is 5.56 Å². The molecular formula is C9H9BF3KN2OS. The molecule has 2 aromatic heterocycles. The molecule has 2 heterocycles. The first-order valence-corrected chi connectivity index (χ1v) is 5.77. The topological polar surface area (TPSA) is 34.9 Å². The molecule has 0 N–H and O–H groups in total. The van der Waals surface area contributed by atoms with E-state index in [1.54, 1.807) is 6.92 Å². The smallest absolute Gasteiger partial charge is 0.448 e. The van der Waals surface area contributed by atoms with Crippen molar-refractivity contribution in [3.63, 3.8) is 0 Å². The third kappa shape index (κ3) is 3.26. The average Bonchev–Trinajstić information content (AvgIpc) is 2.47. The van der Waals surface area contributed by atoms with Crippen LogP contribution in [0.5, 0.6) is 0 Å². The molecule has 0 saturated heterocycles. The zero-order chi connectivity index (χ0) is 12.8. The van der Waals surface area contributed by atoms with E-state index >= 15 is 0 Å². The fourth-order valence-corrected chi connectivity index (χ4v) is 2.61. The summed E-state index contributed by atoms with van der Waals surface area (Å²) in [6, 6.07) is 0. The Morgan fingerprint density at radius 2 is 2.00 bits per heavy atom. The molecule has 18 heavy (non-hydrogen) atoms. The van der Waals surface area contributed by atoms with Gasteiger partial charge < -0.3 is 17.5 Å². The Morgan fingerprint density at radius 3 is 2.56 bits per heavy atom. The number of aromatic nitrogens is 2. The predicted octanol–water partition coefficient (Wildman–Crippen LogP) is -0.535. The molecule has 0 fully saturated rings. The number of nitrogens with zero attached hydrogens (tertiary/aromatic N) is 2. The average molecular weight is 300 g/mol. The van der Waals surface area contributed by atoms with Gasteiger partial charge in [-0.2, -0.15) is 0 Å². The summed E-state index contributed by atoms with van der Waals surface area (Å²) in [5, 5.41) is 0.301. The van der Waals surface area contributed by atoms with Gasteiger partial charge >= 0.3 is 58.4 Å². The Morgan fingerprint density at radius 1 is 1.39 bits per heavy atom. The molecule has 0 aromatic carbocycles. The van der Waals surface area contributed by atoms with Crippen LogP contribution in [0.4, 0.5) is 12.9 Å². The Balaban J connectivity index is 0.00000162. The van der Waals surface area contributed by atoms with Crippen molar-refractivity contribution in [2.24, 2.45) is 0 Å². The second kappa shape index (κ2) is 5.76. The van der Waals surface area contributed by atoms with Crippen molar-refractivity contribution >= 4 is 28.5 Å². The van der Waals surface area contributed by atoms with Crippen molar-refractivity contribution in [1.82, 2.24) is 9.55 Å². The Kier molecular flexibility index (Phi) is 5.24. The molecule has 0 aliphatic rings. The first kappa shape index (κ1) is 16.4. The molecule has 2 rings (SSSR count). The quantitative estimate of drug-likeness (QED) is 0.699. The van der Waals surface area contributed by atoms with Crippen molar-refractivity contribution in [2.75, 3.05) is 0 Å². The summed E-state index contributed by atoms with van der Waals surface area (Å²) in [6.45, 7) is -1.50. The molecule has 9 heteroatoms. The molecule has 0 bridgehead atoms. The van der Waals surface area contributed by atoms with Crippen LogP contribution in [0.1, 0.15) is 10.4 Å². The molecule has 92 valence electrons. The van der Waals surface area contributed by atoms with Crippen LogP contribution in [-0.2, 0) is 6.44 Å². The van der Waals surface area contributed by atoms with E-state index in [4.69, 9.17) is 0 Å². The number of rotatable bonds is 2. The van der Waals surface area contributed by atoms with Gasteiger partial charge in [-0.25, -0.2) is 4.98 Å². The second-order valence-electron chi connectivity index (χ2n) is 3.88. The van der Waals surface area contributed by atoms with Gasteiger partial charge in [-0.05, 0) is 25.9 Å². The maximum absolute atomic E-state index is 12.3. The summed E-state index contributed by atoms with van der Waals surface area (Å²) in [7, 11) is 0. The molecule has 0 amide bonds. The van der Waals surface area contributed by atoms with E-state index in [1.165, 1.54) is 11.3 Å². The van der Waals surface area contributed by atoms with E-state index in [1.807, 2.05) is 6.92 Å². The van der Waals surface area contributed by atoms with Crippen LogP contribution >= 0.6 is 11.3 Å². The molecule has 0 aliphatic carbocycles. The zero-order valence-corrected chi connectivity index (χ0v) is 14.1. The molecular weight excluding hydrogens is 291 g/mol. The maximum atomic E-state index is 12.3. The largest absolute Gasteiger partial charge is 1.00 e. The number of aryl methyl sites for hydroxylation is 2. The van der Waals surface area contributed by atoms with E-state index in [2.05, 4.69) is 4.98 Å². The van der Waals surface area contributed by atoms with Crippen LogP contribution < -0.4 is 56.9 Å². The van der Waals surface area contributed by atoms with Crippen LogP contribution in [0.3, 0.4) is 0 Å². The van der Waals surface area contributed by atoms with E-state index in [0.29, 0.717) is 20.3 Å². The molecule has 2 aromatic rings. The van der Waals surface area contributed by atoms with E-state index in [9.17, 15) is 17.7 Å². The van der Waals surface area contributed by atoms with Crippen molar-refractivity contribution in [1.29, 1.82) is 0 Å². The van der Waals surface area contributed by atoms with Crippen molar-refractivity contribution < 1.29 is 64.3 Å². The Labute approximate surface area is 148 Å². The molecule has 0 spiro atoms. The monoisotopic (exact) mass is 300 g/mol. The van der Waals surface area contributed by atoms with E-state index in [0.717, 1.165) is 11.2 Å². The Hall–Kier alpha value is 0.331. The molecule has 0 aliphatic heterocycles. The maximum Gasteiger partial charge on any atom is 1.00 e. The normalized spacial score (nSPS) is 11.6. The SMILES string of the molecule is Cc1sc2ncn(C[B-](F)(F)F)c(=O)c2c1C.[K+]. The summed E-state index contributed by atoms with van der Waals surface area (Å²) >= 11 is 1.32. The van der Waals surface area contributed by atoms with Crippen LogP contribution in [-0.4, -0.2) is 16.5 Å². The molecule has 0 saturated carbocycles. The standard InChI is InChI=1S/C9H9BF3N2OS.K/c1-5-6(2)17-8-7(5)9(16)15(4-14-8)3-10(11,12)13;/h4H,3H2,1-2H3;/q-1;+1. The predicted molar refractivity (Wildman–Crippen MR) is 62.4 cm³/mol. The summed E-state index contributed by atoms with van der Waals surface area (Å²) in [4.78, 5) is 17.2. The zero-order valence-electron chi connectivity index (χ0n) is 10.2. The number of halogens is 3. The van der Waals surface area contributed by atoms with Crippen LogP contribution in [0, 0.1) is 13.8 Å². The van der Waals surface area contributed by atoms with Gasteiger partial charge in [0, 0.05) is 4.88 Å². The number of thiophene rings is 1. The van der Waals surface area contributed by atoms with Crippen molar-refractivity contribution in [3.8, 4) is 0 Å². The van der Waals surface area contributed by atoms with Crippen LogP contribution in [0.15, 0.2) is 11.1 Å². The minimum Gasteiger partial charge on any atom is -0.448 e. The first-order valence-electron chi connectivity index (χ1n) is 4.96. The minimum absolute atomic E-state index is 0. The van der Waals surface area contributed by atoms with Crippen LogP contribution in [0.2, 0.25) is 0 Å². The number of hydrogen-bond donors (Lipinski definition) is 0. The summed E-state index contributed by atoms with van der Waals surface area (Å²) in [6.07, 6.45) is -0.272. The third-order valence-corrected chi connectivity index (χ3v) is 3.67. The summed E-state index contributed by atoms with van der Waals surface area (Å²) in [5.74, 6) is 0. The molecule has 3 nitrogen and oxygen atoms in total. The van der Waals surface area contributed by atoms with Crippen molar-refractivity contribution in [3.05, 3.63) is 27.1 Å². The van der Waals surface area contributed by atoms with Gasteiger partial charge in [-0.15, -0.1) is 11.3 Å². The number of hydrogen-bond acceptors (Lipinski definition) is 3. The molecule has 0 unspecified atom stereocenters. The van der Waals surface area contributed by atoms with Gasteiger partial charge in [-0.3, -0.25) is 4.79 Å². The Bertz CT molecular complexity index is 637. The first-order chi connectivity index (χ1) is 7.79. The minimum atomic E-state index is -5.04. The molecule has 0 atom stereocenters. The van der Waals surface area contributed by atoms with Gasteiger partial charge in [-0.1, -0.05) is 0 Å². The number of fused-ring (bicyclic) bond motifs is 1. The van der Waals surface area contributed by atoms with Gasteiger partial charge in [0.15, 0.2) is 0 Å². The second-order valence-corrected chi connectivity index (χ2v) is 5.08. The fraction of sp³-hybridized carbons (Fsp3) is 0.333. The van der Waals surface area contributed by atoms with E-state index in [-0.39, 0.29) is 51.4 Å². The summed E-state index contributed by atoms with van der Waals surface area (Å²) < 4.78 is 37.5. The molecule has 0 radical (unpaired) electrons. The van der Waals surface area contributed by atoms with Gasteiger partial charge in [0.05, 0.1) is 11.7 Å². The summed E-state index contributed by atoms with van der Waals surface area (Å²) in [5.41, 5.74) is 0.0996. The third-order valence-electron chi connectivity index (χ3n) is 2.56.